The van der Waals surface area contributed by atoms with Gasteiger partial charge >= 0.3 is 0 Å². The van der Waals surface area contributed by atoms with Gasteiger partial charge in [-0.05, 0) is 12.0 Å². The van der Waals surface area contributed by atoms with E-state index in [2.05, 4.69) is 17.0 Å². The van der Waals surface area contributed by atoms with Crippen LogP contribution in [0.15, 0.2) is 30.3 Å². The van der Waals surface area contributed by atoms with E-state index < -0.39 is 6.17 Å². The van der Waals surface area contributed by atoms with Crippen molar-refractivity contribution in [1.82, 2.24) is 14.8 Å². The van der Waals surface area contributed by atoms with Gasteiger partial charge in [0.2, 0.25) is 0 Å². The highest BCUT2D eigenvalue weighted by Crippen LogP contribution is 2.39. The molecule has 0 saturated heterocycles. The van der Waals surface area contributed by atoms with Gasteiger partial charge in [-0.3, -0.25) is 0 Å². The summed E-state index contributed by atoms with van der Waals surface area (Å²) >= 11 is 0. The van der Waals surface area contributed by atoms with E-state index in [4.69, 9.17) is 0 Å². The van der Waals surface area contributed by atoms with Gasteiger partial charge in [0.25, 0.3) is 0 Å². The van der Waals surface area contributed by atoms with Crippen LogP contribution in [-0.4, -0.2) is 14.8 Å². The van der Waals surface area contributed by atoms with Gasteiger partial charge in [-0.25, -0.2) is 14.1 Å². The van der Waals surface area contributed by atoms with Crippen molar-refractivity contribution in [3.63, 3.8) is 0 Å². The van der Waals surface area contributed by atoms with Gasteiger partial charge in [-0.15, -0.1) is 0 Å². The number of fused-ring (bicyclic) bond motifs is 1. The monoisotopic (exact) mass is 245 g/mol. The Morgan fingerprint density at radius 1 is 1.33 bits per heavy atom. The molecule has 0 N–H and O–H groups in total. The molecule has 1 aromatic carbocycles. The molecular weight excluding hydrogens is 229 g/mol. The summed E-state index contributed by atoms with van der Waals surface area (Å²) in [6, 6.07) is 9.96. The third-order valence-corrected chi connectivity index (χ3v) is 3.37. The van der Waals surface area contributed by atoms with Gasteiger partial charge in [0.1, 0.15) is 0 Å². The van der Waals surface area contributed by atoms with Crippen LogP contribution < -0.4 is 0 Å². The standard InChI is InChI=1S/C14H16FN3/c1-2-6-13-16-14-11(15)9-12(18(14)17-13)10-7-4-3-5-8-10/h3-5,7-8,11-12H,2,6,9H2,1H3/t11-,12-/m0/s1. The number of halogens is 1. The molecule has 2 atom stereocenters. The van der Waals surface area contributed by atoms with Crippen LogP contribution in [0.4, 0.5) is 4.39 Å². The maximum atomic E-state index is 14.0. The van der Waals surface area contributed by atoms with Crippen LogP contribution in [0.25, 0.3) is 0 Å². The van der Waals surface area contributed by atoms with E-state index in [-0.39, 0.29) is 6.04 Å². The van der Waals surface area contributed by atoms with Crippen molar-refractivity contribution >= 4 is 0 Å². The van der Waals surface area contributed by atoms with Crippen LogP contribution in [0.5, 0.6) is 0 Å². The fourth-order valence-corrected chi connectivity index (χ4v) is 2.51. The van der Waals surface area contributed by atoms with Crippen LogP contribution in [-0.2, 0) is 6.42 Å². The van der Waals surface area contributed by atoms with Gasteiger partial charge in [-0.2, -0.15) is 5.10 Å². The van der Waals surface area contributed by atoms with Crippen molar-refractivity contribution in [2.24, 2.45) is 0 Å². The van der Waals surface area contributed by atoms with Crippen molar-refractivity contribution < 1.29 is 4.39 Å². The quantitative estimate of drug-likeness (QED) is 0.831. The summed E-state index contributed by atoms with van der Waals surface area (Å²) in [5.41, 5.74) is 1.10. The topological polar surface area (TPSA) is 30.7 Å². The Labute approximate surface area is 106 Å². The average molecular weight is 245 g/mol. The highest BCUT2D eigenvalue weighted by molar-refractivity contribution is 5.23. The molecule has 0 bridgehead atoms. The van der Waals surface area contributed by atoms with Crippen molar-refractivity contribution in [2.75, 3.05) is 0 Å². The van der Waals surface area contributed by atoms with Crippen LogP contribution in [0, 0.1) is 0 Å². The Kier molecular flexibility index (Phi) is 2.86. The van der Waals surface area contributed by atoms with Gasteiger partial charge in [0, 0.05) is 12.8 Å². The summed E-state index contributed by atoms with van der Waals surface area (Å²) in [7, 11) is 0. The maximum absolute atomic E-state index is 14.0. The molecule has 2 aromatic rings. The Hall–Kier alpha value is -1.71. The minimum Gasteiger partial charge on any atom is -0.239 e. The predicted octanol–water partition coefficient (Wildman–Crippen LogP) is 3.23. The minimum absolute atomic E-state index is 0.00527. The summed E-state index contributed by atoms with van der Waals surface area (Å²) in [6.07, 6.45) is 1.25. The molecule has 1 aliphatic heterocycles. The Bertz CT molecular complexity index is 535. The molecule has 0 saturated carbocycles. The molecule has 3 rings (SSSR count). The van der Waals surface area contributed by atoms with E-state index in [1.54, 1.807) is 4.68 Å². The van der Waals surface area contributed by atoms with E-state index in [0.29, 0.717) is 12.2 Å². The molecule has 1 aromatic heterocycles. The molecule has 0 amide bonds. The SMILES string of the molecule is CCCc1nc2n(n1)[C@H](c1ccccc1)C[C@@H]2F. The van der Waals surface area contributed by atoms with Crippen LogP contribution in [0.1, 0.15) is 49.2 Å². The predicted molar refractivity (Wildman–Crippen MR) is 67.1 cm³/mol. The Balaban J connectivity index is 1.97. The zero-order valence-electron chi connectivity index (χ0n) is 10.4. The number of hydrogen-bond donors (Lipinski definition) is 0. The van der Waals surface area contributed by atoms with Gasteiger partial charge in [0.05, 0.1) is 6.04 Å². The first kappa shape index (κ1) is 11.4. The molecular formula is C14H16FN3. The zero-order chi connectivity index (χ0) is 12.5. The third kappa shape index (κ3) is 1.82. The normalized spacial score (nSPS) is 22.1. The molecule has 0 fully saturated rings. The molecule has 0 radical (unpaired) electrons. The molecule has 0 unspecified atom stereocenters. The first-order valence-electron chi connectivity index (χ1n) is 6.44. The van der Waals surface area contributed by atoms with E-state index in [1.807, 2.05) is 30.3 Å². The Morgan fingerprint density at radius 3 is 2.83 bits per heavy atom. The summed E-state index contributed by atoms with van der Waals surface area (Å²) in [6.45, 7) is 2.08. The number of rotatable bonds is 3. The average Bonchev–Trinajstić information content (AvgIpc) is 2.92. The van der Waals surface area contributed by atoms with Crippen LogP contribution in [0.2, 0.25) is 0 Å². The number of hydrogen-bond acceptors (Lipinski definition) is 2. The van der Waals surface area contributed by atoms with E-state index in [1.165, 1.54) is 0 Å². The lowest BCUT2D eigenvalue weighted by molar-refractivity contribution is 0.328. The maximum Gasteiger partial charge on any atom is 0.162 e. The molecule has 2 heterocycles. The summed E-state index contributed by atoms with van der Waals surface area (Å²) < 4.78 is 15.8. The first-order valence-corrected chi connectivity index (χ1v) is 6.44. The molecule has 1 aliphatic rings. The van der Waals surface area contributed by atoms with E-state index in [0.717, 1.165) is 24.2 Å². The van der Waals surface area contributed by atoms with E-state index in [9.17, 15) is 4.39 Å². The van der Waals surface area contributed by atoms with Gasteiger partial charge < -0.3 is 0 Å². The highest BCUT2D eigenvalue weighted by atomic mass is 19.1. The molecule has 18 heavy (non-hydrogen) atoms. The number of aromatic nitrogens is 3. The molecule has 94 valence electrons. The number of aryl methyl sites for hydroxylation is 1. The number of nitrogens with zero attached hydrogens (tertiary/aromatic N) is 3. The fourth-order valence-electron chi connectivity index (χ4n) is 2.51. The number of benzene rings is 1. The molecule has 4 heteroatoms. The van der Waals surface area contributed by atoms with Crippen molar-refractivity contribution in [1.29, 1.82) is 0 Å². The summed E-state index contributed by atoms with van der Waals surface area (Å²) in [5, 5.41) is 4.45. The van der Waals surface area contributed by atoms with Crippen molar-refractivity contribution in [3.05, 3.63) is 47.5 Å². The molecule has 0 aliphatic carbocycles. The summed E-state index contributed by atoms with van der Waals surface area (Å²) in [5.74, 6) is 1.25. The lowest BCUT2D eigenvalue weighted by Crippen LogP contribution is -2.07. The van der Waals surface area contributed by atoms with Crippen molar-refractivity contribution in [2.45, 2.75) is 38.4 Å². The van der Waals surface area contributed by atoms with Gasteiger partial charge in [0.15, 0.2) is 17.8 Å². The molecule has 0 spiro atoms. The van der Waals surface area contributed by atoms with E-state index >= 15 is 0 Å². The zero-order valence-corrected chi connectivity index (χ0v) is 10.4. The number of alkyl halides is 1. The highest BCUT2D eigenvalue weighted by Gasteiger charge is 2.34. The van der Waals surface area contributed by atoms with Crippen LogP contribution >= 0.6 is 0 Å². The van der Waals surface area contributed by atoms with Crippen molar-refractivity contribution in [3.8, 4) is 0 Å². The molecule has 3 nitrogen and oxygen atoms in total. The second kappa shape index (κ2) is 4.52. The van der Waals surface area contributed by atoms with Gasteiger partial charge in [-0.1, -0.05) is 37.3 Å². The lowest BCUT2D eigenvalue weighted by Gasteiger charge is -2.11. The smallest absolute Gasteiger partial charge is 0.162 e. The minimum atomic E-state index is -0.992. The first-order chi connectivity index (χ1) is 8.79. The second-order valence-electron chi connectivity index (χ2n) is 4.71. The largest absolute Gasteiger partial charge is 0.239 e. The lowest BCUT2D eigenvalue weighted by atomic mass is 10.0. The Morgan fingerprint density at radius 2 is 2.11 bits per heavy atom. The summed E-state index contributed by atoms with van der Waals surface area (Å²) in [4.78, 5) is 4.31. The fraction of sp³-hybridized carbons (Fsp3) is 0.429. The second-order valence-corrected chi connectivity index (χ2v) is 4.71. The van der Waals surface area contributed by atoms with Crippen LogP contribution in [0.3, 0.4) is 0 Å². The third-order valence-electron chi connectivity index (χ3n) is 3.37.